The minimum atomic E-state index is 0.0447. The maximum absolute atomic E-state index is 13.0. The van der Waals surface area contributed by atoms with E-state index in [1.54, 1.807) is 6.20 Å². The van der Waals surface area contributed by atoms with Gasteiger partial charge in [-0.15, -0.1) is 0 Å². The zero-order chi connectivity index (χ0) is 15.8. The molecule has 4 rings (SSSR count). The van der Waals surface area contributed by atoms with Gasteiger partial charge in [0, 0.05) is 12.7 Å². The first-order valence-corrected chi connectivity index (χ1v) is 8.45. The van der Waals surface area contributed by atoms with Gasteiger partial charge in [0.25, 0.3) is 11.6 Å². The van der Waals surface area contributed by atoms with E-state index in [0.29, 0.717) is 24.4 Å². The predicted molar refractivity (Wildman–Crippen MR) is 84.2 cm³/mol. The average molecular weight is 315 g/mol. The molecule has 6 nitrogen and oxygen atoms in total. The van der Waals surface area contributed by atoms with Crippen molar-refractivity contribution < 1.29 is 14.1 Å². The summed E-state index contributed by atoms with van der Waals surface area (Å²) in [5, 5.41) is 4.92. The lowest BCUT2D eigenvalue weighted by molar-refractivity contribution is -0.0445. The average Bonchev–Trinajstić information content (AvgIpc) is 3.21. The third-order valence-corrected chi connectivity index (χ3v) is 4.88. The van der Waals surface area contributed by atoms with E-state index in [4.69, 9.17) is 9.26 Å². The van der Waals surface area contributed by atoms with Gasteiger partial charge in [0.2, 0.25) is 0 Å². The Balaban J connectivity index is 1.65. The Morgan fingerprint density at radius 3 is 3.22 bits per heavy atom. The number of hydrogen-bond acceptors (Lipinski definition) is 5. The van der Waals surface area contributed by atoms with Gasteiger partial charge in [-0.3, -0.25) is 4.79 Å². The van der Waals surface area contributed by atoms with Gasteiger partial charge >= 0.3 is 0 Å². The lowest BCUT2D eigenvalue weighted by atomic mass is 10.1. The van der Waals surface area contributed by atoms with E-state index in [9.17, 15) is 4.79 Å². The second-order valence-corrected chi connectivity index (χ2v) is 6.36. The second-order valence-electron chi connectivity index (χ2n) is 6.36. The minimum Gasteiger partial charge on any atom is -0.374 e. The van der Waals surface area contributed by atoms with Crippen molar-refractivity contribution in [3.8, 4) is 0 Å². The van der Waals surface area contributed by atoms with Crippen LogP contribution >= 0.6 is 0 Å². The van der Waals surface area contributed by atoms with Crippen molar-refractivity contribution >= 4 is 17.0 Å². The van der Waals surface area contributed by atoms with E-state index in [2.05, 4.69) is 17.1 Å². The third-order valence-electron chi connectivity index (χ3n) is 4.88. The quantitative estimate of drug-likeness (QED) is 0.870. The van der Waals surface area contributed by atoms with Crippen molar-refractivity contribution in [1.82, 2.24) is 15.0 Å². The van der Waals surface area contributed by atoms with Crippen LogP contribution in [0.15, 0.2) is 16.8 Å². The standard InChI is InChI=1S/C17H21N3O3/c1-2-4-13-12-9-11(10-18-16(12)23-19-13)17(21)20-7-8-22-15-6-3-5-14(15)20/h9-10,14-15H,2-8H2,1H3/t14-,15-/m0/s1. The van der Waals surface area contributed by atoms with Gasteiger partial charge in [0.15, 0.2) is 0 Å². The third kappa shape index (κ3) is 2.51. The molecule has 0 radical (unpaired) electrons. The molecule has 1 aliphatic heterocycles. The minimum absolute atomic E-state index is 0.0447. The highest BCUT2D eigenvalue weighted by Crippen LogP contribution is 2.31. The van der Waals surface area contributed by atoms with Crippen LogP contribution in [0.2, 0.25) is 0 Å². The number of aryl methyl sites for hydroxylation is 1. The smallest absolute Gasteiger partial charge is 0.257 e. The Kier molecular flexibility index (Phi) is 3.77. The van der Waals surface area contributed by atoms with Crippen LogP contribution in [-0.2, 0) is 11.2 Å². The highest BCUT2D eigenvalue weighted by Gasteiger charge is 2.38. The Morgan fingerprint density at radius 2 is 2.35 bits per heavy atom. The molecule has 0 aromatic carbocycles. The van der Waals surface area contributed by atoms with Gasteiger partial charge in [0.05, 0.1) is 35.4 Å². The number of carbonyl (C=O) groups is 1. The molecule has 122 valence electrons. The van der Waals surface area contributed by atoms with E-state index in [0.717, 1.165) is 43.2 Å². The summed E-state index contributed by atoms with van der Waals surface area (Å²) >= 11 is 0. The van der Waals surface area contributed by atoms with Crippen LogP contribution in [-0.4, -0.2) is 46.2 Å². The second kappa shape index (κ2) is 5.92. The summed E-state index contributed by atoms with van der Waals surface area (Å²) in [5.41, 5.74) is 2.00. The molecule has 2 atom stereocenters. The lowest BCUT2D eigenvalue weighted by Crippen LogP contribution is -2.51. The number of hydrogen-bond donors (Lipinski definition) is 0. The number of rotatable bonds is 3. The Bertz CT molecular complexity index is 727. The van der Waals surface area contributed by atoms with Crippen LogP contribution in [0.1, 0.15) is 48.7 Å². The fourth-order valence-electron chi connectivity index (χ4n) is 3.76. The Labute approximate surface area is 134 Å². The number of nitrogens with zero attached hydrogens (tertiary/aromatic N) is 3. The van der Waals surface area contributed by atoms with Gasteiger partial charge < -0.3 is 14.2 Å². The number of fused-ring (bicyclic) bond motifs is 2. The number of aromatic nitrogens is 2. The van der Waals surface area contributed by atoms with Gasteiger partial charge in [-0.25, -0.2) is 4.98 Å². The van der Waals surface area contributed by atoms with E-state index in [-0.39, 0.29) is 18.1 Å². The van der Waals surface area contributed by atoms with Crippen molar-refractivity contribution in [2.24, 2.45) is 0 Å². The normalized spacial score (nSPS) is 24.1. The number of morpholine rings is 1. The first kappa shape index (κ1) is 14.6. The summed E-state index contributed by atoms with van der Waals surface area (Å²) in [5.74, 6) is 0.0447. The van der Waals surface area contributed by atoms with Gasteiger partial charge in [-0.1, -0.05) is 18.5 Å². The van der Waals surface area contributed by atoms with Gasteiger partial charge in [-0.05, 0) is 31.7 Å². The van der Waals surface area contributed by atoms with Gasteiger partial charge in [0.1, 0.15) is 0 Å². The summed E-state index contributed by atoms with van der Waals surface area (Å²) in [6.07, 6.45) is 6.82. The predicted octanol–water partition coefficient (Wildman–Crippen LogP) is 2.57. The van der Waals surface area contributed by atoms with Crippen LogP contribution in [0.25, 0.3) is 11.1 Å². The molecule has 6 heteroatoms. The van der Waals surface area contributed by atoms with Crippen molar-refractivity contribution in [2.75, 3.05) is 13.2 Å². The van der Waals surface area contributed by atoms with Crippen LogP contribution in [0.4, 0.5) is 0 Å². The molecule has 3 heterocycles. The first-order valence-electron chi connectivity index (χ1n) is 8.45. The molecule has 0 N–H and O–H groups in total. The van der Waals surface area contributed by atoms with Crippen LogP contribution in [0, 0.1) is 0 Å². The fourth-order valence-corrected chi connectivity index (χ4v) is 3.76. The number of ether oxygens (including phenoxy) is 1. The molecule has 1 amide bonds. The van der Waals surface area contributed by atoms with Gasteiger partial charge in [-0.2, -0.15) is 0 Å². The summed E-state index contributed by atoms with van der Waals surface area (Å²) in [6.45, 7) is 3.37. The molecule has 2 aliphatic rings. The van der Waals surface area contributed by atoms with Crippen LogP contribution in [0.5, 0.6) is 0 Å². The zero-order valence-electron chi connectivity index (χ0n) is 13.3. The molecular weight excluding hydrogens is 294 g/mol. The SMILES string of the molecule is CCCc1noc2ncc(C(=O)N3CCO[C@H]4CCC[C@@H]43)cc12. The van der Waals surface area contributed by atoms with E-state index >= 15 is 0 Å². The van der Waals surface area contributed by atoms with Crippen molar-refractivity contribution in [2.45, 2.75) is 51.2 Å². The topological polar surface area (TPSA) is 68.5 Å². The summed E-state index contributed by atoms with van der Waals surface area (Å²) in [6, 6.07) is 2.09. The molecule has 23 heavy (non-hydrogen) atoms. The van der Waals surface area contributed by atoms with E-state index in [1.165, 1.54) is 0 Å². The largest absolute Gasteiger partial charge is 0.374 e. The molecule has 1 saturated carbocycles. The fraction of sp³-hybridized carbons (Fsp3) is 0.588. The van der Waals surface area contributed by atoms with E-state index < -0.39 is 0 Å². The Hall–Kier alpha value is -1.95. The number of amides is 1. The molecule has 0 spiro atoms. The highest BCUT2D eigenvalue weighted by molar-refractivity contribution is 5.97. The molecule has 2 aromatic heterocycles. The summed E-state index contributed by atoms with van der Waals surface area (Å²) < 4.78 is 11.0. The summed E-state index contributed by atoms with van der Waals surface area (Å²) in [7, 11) is 0. The maximum Gasteiger partial charge on any atom is 0.257 e. The molecule has 0 bridgehead atoms. The van der Waals surface area contributed by atoms with Crippen molar-refractivity contribution in [1.29, 1.82) is 0 Å². The zero-order valence-corrected chi connectivity index (χ0v) is 13.3. The molecular formula is C17H21N3O3. The summed E-state index contributed by atoms with van der Waals surface area (Å²) in [4.78, 5) is 19.2. The van der Waals surface area contributed by atoms with Crippen LogP contribution in [0.3, 0.4) is 0 Å². The monoisotopic (exact) mass is 315 g/mol. The maximum atomic E-state index is 13.0. The number of carbonyl (C=O) groups excluding carboxylic acids is 1. The molecule has 2 aromatic rings. The number of pyridine rings is 1. The molecule has 0 unspecified atom stereocenters. The lowest BCUT2D eigenvalue weighted by Gasteiger charge is -2.37. The van der Waals surface area contributed by atoms with Crippen LogP contribution < -0.4 is 0 Å². The molecule has 2 fully saturated rings. The first-order chi connectivity index (χ1) is 11.3. The van der Waals surface area contributed by atoms with E-state index in [1.807, 2.05) is 11.0 Å². The Morgan fingerprint density at radius 1 is 1.43 bits per heavy atom. The van der Waals surface area contributed by atoms with Crippen molar-refractivity contribution in [3.63, 3.8) is 0 Å². The highest BCUT2D eigenvalue weighted by atomic mass is 16.5. The molecule has 1 saturated heterocycles. The van der Waals surface area contributed by atoms with Crippen molar-refractivity contribution in [3.05, 3.63) is 23.5 Å². The molecule has 1 aliphatic carbocycles.